The van der Waals surface area contributed by atoms with E-state index < -0.39 is 16.1 Å². The highest BCUT2D eigenvalue weighted by Crippen LogP contribution is 2.40. The molecule has 0 radical (unpaired) electrons. The smallest absolute Gasteiger partial charge is 0.264 e. The molecular formula is C23H21ClN2O5S. The van der Waals surface area contributed by atoms with Crippen LogP contribution in [-0.4, -0.2) is 21.1 Å². The van der Waals surface area contributed by atoms with Crippen LogP contribution in [0.5, 0.6) is 11.5 Å². The second-order valence-corrected chi connectivity index (χ2v) is 9.53. The molecule has 9 heteroatoms. The Kier molecular flexibility index (Phi) is 5.99. The Morgan fingerprint density at radius 2 is 1.75 bits per heavy atom. The van der Waals surface area contributed by atoms with Gasteiger partial charge >= 0.3 is 0 Å². The number of benzene rings is 3. The number of fused-ring (bicyclic) bond motifs is 1. The van der Waals surface area contributed by atoms with Crippen molar-refractivity contribution in [1.82, 2.24) is 0 Å². The lowest BCUT2D eigenvalue weighted by atomic mass is 10.1. The first-order valence-corrected chi connectivity index (χ1v) is 11.6. The Labute approximate surface area is 191 Å². The van der Waals surface area contributed by atoms with Crippen LogP contribution in [0.3, 0.4) is 0 Å². The average Bonchev–Trinajstić information content (AvgIpc) is 3.21. The summed E-state index contributed by atoms with van der Waals surface area (Å²) < 4.78 is 39.8. The molecule has 1 heterocycles. The van der Waals surface area contributed by atoms with Crippen LogP contribution in [-0.2, 0) is 14.8 Å². The number of ether oxygens (including phenoxy) is 2. The van der Waals surface area contributed by atoms with Crippen LogP contribution in [0, 0.1) is 0 Å². The van der Waals surface area contributed by atoms with Crippen LogP contribution >= 0.6 is 11.6 Å². The molecular weight excluding hydrogens is 452 g/mol. The summed E-state index contributed by atoms with van der Waals surface area (Å²) in [6.45, 7) is 3.26. The van der Waals surface area contributed by atoms with Crippen molar-refractivity contribution in [3.05, 3.63) is 77.3 Å². The van der Waals surface area contributed by atoms with Crippen LogP contribution in [0.1, 0.15) is 25.5 Å². The van der Waals surface area contributed by atoms with Crippen molar-refractivity contribution in [1.29, 1.82) is 0 Å². The minimum atomic E-state index is -4.00. The Hall–Kier alpha value is -3.23. The number of halogens is 1. The zero-order valence-corrected chi connectivity index (χ0v) is 19.0. The van der Waals surface area contributed by atoms with Crippen molar-refractivity contribution < 1.29 is 22.7 Å². The van der Waals surface area contributed by atoms with E-state index in [2.05, 4.69) is 5.32 Å². The maximum absolute atomic E-state index is 13.8. The molecule has 1 aliphatic heterocycles. The van der Waals surface area contributed by atoms with Gasteiger partial charge in [0.2, 0.25) is 12.7 Å². The highest BCUT2D eigenvalue weighted by molar-refractivity contribution is 7.92. The van der Waals surface area contributed by atoms with Gasteiger partial charge in [0, 0.05) is 23.7 Å². The molecule has 1 unspecified atom stereocenters. The van der Waals surface area contributed by atoms with Gasteiger partial charge < -0.3 is 14.8 Å². The summed E-state index contributed by atoms with van der Waals surface area (Å²) in [5, 5.41) is 3.15. The predicted octanol–water partition coefficient (Wildman–Crippen LogP) is 4.98. The molecule has 166 valence electrons. The minimum Gasteiger partial charge on any atom is -0.454 e. The monoisotopic (exact) mass is 472 g/mol. The number of rotatable bonds is 6. The van der Waals surface area contributed by atoms with E-state index in [0.717, 1.165) is 5.56 Å². The first kappa shape index (κ1) is 22.0. The van der Waals surface area contributed by atoms with Crippen molar-refractivity contribution >= 4 is 38.9 Å². The van der Waals surface area contributed by atoms with Crippen molar-refractivity contribution in [2.45, 2.75) is 24.8 Å². The molecule has 1 amide bonds. The first-order valence-electron chi connectivity index (χ1n) is 9.83. The minimum absolute atomic E-state index is 0.0816. The summed E-state index contributed by atoms with van der Waals surface area (Å²) in [4.78, 5) is 11.4. The molecule has 0 fully saturated rings. The number of carbonyl (C=O) groups excluding carboxylic acids is 1. The van der Waals surface area contributed by atoms with Crippen LogP contribution < -0.4 is 19.1 Å². The summed E-state index contributed by atoms with van der Waals surface area (Å²) in [5.74, 6) is 0.792. The van der Waals surface area contributed by atoms with E-state index in [0.29, 0.717) is 27.9 Å². The van der Waals surface area contributed by atoms with Crippen LogP contribution in [0.2, 0.25) is 5.02 Å². The van der Waals surface area contributed by atoms with Crippen molar-refractivity contribution in [2.24, 2.45) is 0 Å². The molecule has 32 heavy (non-hydrogen) atoms. The van der Waals surface area contributed by atoms with Crippen molar-refractivity contribution in [2.75, 3.05) is 16.4 Å². The van der Waals surface area contributed by atoms with Gasteiger partial charge in [-0.05, 0) is 61.0 Å². The Bertz CT molecular complexity index is 1260. The summed E-state index contributed by atoms with van der Waals surface area (Å²) in [7, 11) is -4.00. The maximum Gasteiger partial charge on any atom is 0.264 e. The predicted molar refractivity (Wildman–Crippen MR) is 123 cm³/mol. The number of nitrogens with zero attached hydrogens (tertiary/aromatic N) is 1. The topological polar surface area (TPSA) is 84.9 Å². The van der Waals surface area contributed by atoms with E-state index in [1.807, 2.05) is 6.07 Å². The maximum atomic E-state index is 13.8. The molecule has 0 spiro atoms. The van der Waals surface area contributed by atoms with E-state index >= 15 is 0 Å². The molecule has 4 rings (SSSR count). The van der Waals surface area contributed by atoms with E-state index in [1.165, 1.54) is 23.4 Å². The summed E-state index contributed by atoms with van der Waals surface area (Å²) in [6.07, 6.45) is 0. The van der Waals surface area contributed by atoms with Crippen molar-refractivity contribution in [3.63, 3.8) is 0 Å². The molecule has 3 aromatic carbocycles. The van der Waals surface area contributed by atoms with Gasteiger partial charge in [0.1, 0.15) is 0 Å². The van der Waals surface area contributed by atoms with E-state index in [9.17, 15) is 13.2 Å². The van der Waals surface area contributed by atoms with Gasteiger partial charge in [-0.15, -0.1) is 0 Å². The Morgan fingerprint density at radius 1 is 1.03 bits per heavy atom. The van der Waals surface area contributed by atoms with Crippen LogP contribution in [0.15, 0.2) is 71.6 Å². The molecule has 0 saturated carbocycles. The van der Waals surface area contributed by atoms with Gasteiger partial charge in [0.25, 0.3) is 10.0 Å². The second kappa shape index (κ2) is 8.72. The van der Waals surface area contributed by atoms with Crippen LogP contribution in [0.25, 0.3) is 0 Å². The van der Waals surface area contributed by atoms with Gasteiger partial charge in [-0.2, -0.15) is 0 Å². The summed E-state index contributed by atoms with van der Waals surface area (Å²) >= 11 is 6.17. The fourth-order valence-electron chi connectivity index (χ4n) is 3.52. The molecule has 7 nitrogen and oxygen atoms in total. The fraction of sp³-hybridized carbons (Fsp3) is 0.174. The lowest BCUT2D eigenvalue weighted by Crippen LogP contribution is -2.33. The summed E-state index contributed by atoms with van der Waals surface area (Å²) in [6, 6.07) is 17.5. The highest BCUT2D eigenvalue weighted by Gasteiger charge is 2.32. The number of amides is 1. The van der Waals surface area contributed by atoms with Crippen molar-refractivity contribution in [3.8, 4) is 11.5 Å². The van der Waals surface area contributed by atoms with Gasteiger partial charge in [0.05, 0.1) is 16.6 Å². The third-order valence-corrected chi connectivity index (χ3v) is 7.17. The lowest BCUT2D eigenvalue weighted by Gasteiger charge is -2.31. The number of sulfonamides is 1. The molecule has 1 N–H and O–H groups in total. The third kappa shape index (κ3) is 4.37. The van der Waals surface area contributed by atoms with E-state index in [-0.39, 0.29) is 17.6 Å². The lowest BCUT2D eigenvalue weighted by molar-refractivity contribution is -0.114. The fourth-order valence-corrected chi connectivity index (χ4v) is 5.36. The Morgan fingerprint density at radius 3 is 2.44 bits per heavy atom. The van der Waals surface area contributed by atoms with Gasteiger partial charge in [-0.1, -0.05) is 23.7 Å². The number of anilines is 2. The molecule has 0 saturated heterocycles. The normalized spacial score (nSPS) is 13.5. The first-order chi connectivity index (χ1) is 15.3. The number of hydrogen-bond donors (Lipinski definition) is 1. The second-order valence-electron chi connectivity index (χ2n) is 7.27. The zero-order chi connectivity index (χ0) is 22.9. The highest BCUT2D eigenvalue weighted by atomic mass is 35.5. The molecule has 0 aromatic heterocycles. The van der Waals surface area contributed by atoms with E-state index in [1.54, 1.807) is 55.5 Å². The SMILES string of the molecule is CC(=O)Nc1ccc(S(=O)(=O)N(c2ccc3c(c2)OCO3)C(C)c2cccc(Cl)c2)cc1. The Balaban J connectivity index is 1.80. The largest absolute Gasteiger partial charge is 0.454 e. The third-order valence-electron chi connectivity index (χ3n) is 5.02. The number of carbonyl (C=O) groups is 1. The molecule has 1 aliphatic rings. The molecule has 0 bridgehead atoms. The zero-order valence-electron chi connectivity index (χ0n) is 17.4. The molecule has 3 aromatic rings. The quantitative estimate of drug-likeness (QED) is 0.546. The standard InChI is InChI=1S/C23H21ClN2O5S/c1-15(17-4-3-5-18(24)12-17)26(20-8-11-22-23(13-20)31-14-30-22)32(28,29)21-9-6-19(7-10-21)25-16(2)27/h3-13,15H,14H2,1-2H3,(H,25,27). The number of hydrogen-bond acceptors (Lipinski definition) is 5. The molecule has 1 atom stereocenters. The van der Waals surface area contributed by atoms with E-state index in [4.69, 9.17) is 21.1 Å². The van der Waals surface area contributed by atoms with Gasteiger partial charge in [-0.3, -0.25) is 9.10 Å². The number of nitrogens with one attached hydrogen (secondary N) is 1. The van der Waals surface area contributed by atoms with Crippen LogP contribution in [0.4, 0.5) is 11.4 Å². The summed E-state index contributed by atoms with van der Waals surface area (Å²) in [5.41, 5.74) is 1.66. The average molecular weight is 473 g/mol. The van der Waals surface area contributed by atoms with Gasteiger partial charge in [-0.25, -0.2) is 8.42 Å². The van der Waals surface area contributed by atoms with Gasteiger partial charge in [0.15, 0.2) is 11.5 Å². The molecule has 0 aliphatic carbocycles.